The maximum Gasteiger partial charge on any atom is 0.190 e. The maximum atomic E-state index is 15.0. The first-order chi connectivity index (χ1) is 24.4. The second-order valence-corrected chi connectivity index (χ2v) is 16.0. The first kappa shape index (κ1) is 37.1. The zero-order chi connectivity index (χ0) is 38.2. The van der Waals surface area contributed by atoms with Gasteiger partial charge in [0.2, 0.25) is 0 Å². The summed E-state index contributed by atoms with van der Waals surface area (Å²) < 4.78 is 0. The van der Waals surface area contributed by atoms with E-state index in [9.17, 15) is 43.8 Å². The molecule has 0 saturated heterocycles. The van der Waals surface area contributed by atoms with Crippen molar-refractivity contribution in [2.24, 2.45) is 40.4 Å². The van der Waals surface area contributed by atoms with E-state index in [1.807, 2.05) is 42.5 Å². The van der Waals surface area contributed by atoms with E-state index in [1.165, 1.54) is 6.92 Å². The van der Waals surface area contributed by atoms with Crippen LogP contribution in [0, 0.1) is 40.4 Å². The van der Waals surface area contributed by atoms with E-state index in [1.54, 1.807) is 46.8 Å². The summed E-state index contributed by atoms with van der Waals surface area (Å²) in [7, 11) is 0. The molecule has 3 aliphatic rings. The van der Waals surface area contributed by atoms with Crippen molar-refractivity contribution in [2.45, 2.75) is 85.7 Å². The highest BCUT2D eigenvalue weighted by Crippen LogP contribution is 2.70. The number of aliphatic hydroxyl groups is 1. The van der Waals surface area contributed by atoms with E-state index in [2.05, 4.69) is 0 Å². The van der Waals surface area contributed by atoms with E-state index in [0.29, 0.717) is 5.56 Å². The molecule has 0 aromatic heterocycles. The van der Waals surface area contributed by atoms with Crippen molar-refractivity contribution in [1.29, 1.82) is 0 Å². The quantitative estimate of drug-likeness (QED) is 0.264. The maximum absolute atomic E-state index is 15.0. The van der Waals surface area contributed by atoms with Crippen molar-refractivity contribution in [2.75, 3.05) is 0 Å². The molecule has 0 amide bonds. The third-order valence-corrected chi connectivity index (χ3v) is 13.1. The number of hydrogen-bond donors (Lipinski definition) is 2. The van der Waals surface area contributed by atoms with Gasteiger partial charge >= 0.3 is 0 Å². The summed E-state index contributed by atoms with van der Waals surface area (Å²) in [5.41, 5.74) is -4.97. The Kier molecular flexibility index (Phi) is 9.14. The molecule has 2 saturated carbocycles. The molecule has 3 aromatic rings. The van der Waals surface area contributed by atoms with Gasteiger partial charge in [0.25, 0.3) is 0 Å². The molecule has 3 unspecified atom stereocenters. The number of ketones is 7. The van der Waals surface area contributed by atoms with Crippen LogP contribution < -0.4 is 0 Å². The number of rotatable bonds is 9. The van der Waals surface area contributed by atoms with Crippen LogP contribution in [-0.2, 0) is 41.6 Å². The molecule has 3 aliphatic carbocycles. The predicted molar refractivity (Wildman–Crippen MR) is 193 cm³/mol. The van der Waals surface area contributed by atoms with Crippen molar-refractivity contribution in [1.82, 2.24) is 0 Å². The summed E-state index contributed by atoms with van der Waals surface area (Å²) in [5.74, 6) is -12.7. The number of Topliss-reactive ketones (excluding diaryl/α,β-unsaturated/α-hetero) is 7. The number of aromatic hydroxyl groups is 1. The van der Waals surface area contributed by atoms with Gasteiger partial charge in [-0.05, 0) is 52.0 Å². The van der Waals surface area contributed by atoms with E-state index in [0.717, 1.165) is 23.3 Å². The largest absolute Gasteiger partial charge is 0.507 e. The fourth-order valence-corrected chi connectivity index (χ4v) is 10.5. The zero-order valence-corrected chi connectivity index (χ0v) is 30.7. The van der Waals surface area contributed by atoms with Gasteiger partial charge in [0.1, 0.15) is 29.0 Å². The first-order valence-electron chi connectivity index (χ1n) is 18.1. The van der Waals surface area contributed by atoms with Gasteiger partial charge in [-0.15, -0.1) is 0 Å². The predicted octanol–water partition coefficient (Wildman–Crippen LogP) is 5.76. The van der Waals surface area contributed by atoms with Crippen molar-refractivity contribution in [3.05, 3.63) is 76.9 Å². The number of phenols is 1. The summed E-state index contributed by atoms with van der Waals surface area (Å²) >= 11 is 0. The summed E-state index contributed by atoms with van der Waals surface area (Å²) in [6.45, 7) is 11.1. The molecule has 6 rings (SSSR count). The summed E-state index contributed by atoms with van der Waals surface area (Å²) in [4.78, 5) is 98.0. The second-order valence-electron chi connectivity index (χ2n) is 16.0. The highest BCUT2D eigenvalue weighted by molar-refractivity contribution is 6.33. The van der Waals surface area contributed by atoms with E-state index in [4.69, 9.17) is 0 Å². The summed E-state index contributed by atoms with van der Waals surface area (Å²) in [6, 6.07) is 16.6. The smallest absolute Gasteiger partial charge is 0.190 e. The molecule has 272 valence electrons. The third-order valence-electron chi connectivity index (χ3n) is 13.1. The van der Waals surface area contributed by atoms with Crippen LogP contribution in [0.2, 0.25) is 0 Å². The average Bonchev–Trinajstić information content (AvgIpc) is 3.08. The van der Waals surface area contributed by atoms with Crippen LogP contribution in [0.3, 0.4) is 0 Å². The fraction of sp³-hybridized carbons (Fsp3) is 0.465. The fourth-order valence-electron chi connectivity index (χ4n) is 10.5. The molecule has 0 bridgehead atoms. The molecule has 2 fully saturated rings. The number of benzene rings is 3. The SMILES string of the molecule is CCC(=O)C[C@@H]1[C@]2(C)C(C(=O)c3c(ccc(CC(=O)Cc4cccc5ccccc45)c3O)[C@H]2C)C(=O)[C@@]2(O)C(=O)C(C(C)=O)C(=O)C(C(C)C)[C@@]12C. The van der Waals surface area contributed by atoms with Gasteiger partial charge in [-0.3, -0.25) is 33.6 Å². The lowest BCUT2D eigenvalue weighted by atomic mass is 9.34. The van der Waals surface area contributed by atoms with E-state index in [-0.39, 0.29) is 48.4 Å². The number of phenolic OH excluding ortho intramolecular Hbond substituents is 1. The molecule has 9 nitrogen and oxygen atoms in total. The van der Waals surface area contributed by atoms with Gasteiger partial charge in [0.05, 0.1) is 11.5 Å². The van der Waals surface area contributed by atoms with Crippen molar-refractivity contribution in [3.8, 4) is 5.75 Å². The Morgan fingerprint density at radius 3 is 2.12 bits per heavy atom. The second kappa shape index (κ2) is 12.8. The van der Waals surface area contributed by atoms with Crippen LogP contribution in [0.5, 0.6) is 5.75 Å². The molecule has 8 atom stereocenters. The van der Waals surface area contributed by atoms with Gasteiger partial charge in [-0.25, -0.2) is 0 Å². The first-order valence-corrected chi connectivity index (χ1v) is 18.1. The lowest BCUT2D eigenvalue weighted by Crippen LogP contribution is -2.80. The zero-order valence-electron chi connectivity index (χ0n) is 30.7. The Labute approximate surface area is 303 Å². The molecule has 0 spiro atoms. The van der Waals surface area contributed by atoms with Gasteiger partial charge < -0.3 is 10.2 Å². The molecule has 9 heteroatoms. The molecule has 3 aromatic carbocycles. The topological polar surface area (TPSA) is 160 Å². The van der Waals surface area contributed by atoms with Crippen LogP contribution in [0.4, 0.5) is 0 Å². The Hall–Kier alpha value is -4.63. The molecule has 0 radical (unpaired) electrons. The van der Waals surface area contributed by atoms with Crippen LogP contribution >= 0.6 is 0 Å². The minimum atomic E-state index is -2.95. The third kappa shape index (κ3) is 4.95. The van der Waals surface area contributed by atoms with Crippen molar-refractivity contribution < 1.29 is 43.8 Å². The summed E-state index contributed by atoms with van der Waals surface area (Å²) in [5, 5.41) is 26.3. The van der Waals surface area contributed by atoms with Crippen molar-refractivity contribution in [3.63, 3.8) is 0 Å². The van der Waals surface area contributed by atoms with Crippen LogP contribution in [0.1, 0.15) is 94.3 Å². The van der Waals surface area contributed by atoms with Crippen LogP contribution in [-0.4, -0.2) is 56.3 Å². The Bertz CT molecular complexity index is 2090. The Morgan fingerprint density at radius 2 is 1.48 bits per heavy atom. The van der Waals surface area contributed by atoms with E-state index < -0.39 is 86.6 Å². The standard InChI is InChI=1S/C43H46O9/c1-8-27(45)20-31-41(6)22(4)29-17-16-26(19-28(46)18-25-14-11-13-24-12-9-10-15-30(24)25)36(47)33(29)38(49)35(41)40(51)43(52)39(50)32(23(5)44)37(48)34(21(2)3)42(31,43)7/h9-17,21-22,31-32,34-35,47,52H,8,18-20H2,1-7H3/t22-,31-,32?,34?,35?,41-,42-,43+/m1/s1. The van der Waals surface area contributed by atoms with Crippen LogP contribution in [0.15, 0.2) is 54.6 Å². The molecular weight excluding hydrogens is 660 g/mol. The molecule has 2 N–H and O–H groups in total. The number of carbonyl (C=O) groups is 7. The number of hydrogen-bond acceptors (Lipinski definition) is 9. The van der Waals surface area contributed by atoms with Crippen LogP contribution in [0.25, 0.3) is 10.8 Å². The monoisotopic (exact) mass is 706 g/mol. The average molecular weight is 707 g/mol. The summed E-state index contributed by atoms with van der Waals surface area (Å²) in [6.07, 6.45) is -0.258. The van der Waals surface area contributed by atoms with Gasteiger partial charge in [-0.1, -0.05) is 96.1 Å². The highest BCUT2D eigenvalue weighted by Gasteiger charge is 2.80. The van der Waals surface area contributed by atoms with E-state index >= 15 is 0 Å². The Morgan fingerprint density at radius 1 is 0.846 bits per heavy atom. The lowest BCUT2D eigenvalue weighted by molar-refractivity contribution is -0.225. The van der Waals surface area contributed by atoms with Gasteiger partial charge in [-0.2, -0.15) is 0 Å². The number of carbonyl (C=O) groups excluding carboxylic acids is 7. The highest BCUT2D eigenvalue weighted by atomic mass is 16.3. The molecule has 0 aliphatic heterocycles. The van der Waals surface area contributed by atoms with Gasteiger partial charge in [0.15, 0.2) is 28.7 Å². The number of fused-ring (bicyclic) bond motifs is 4. The minimum Gasteiger partial charge on any atom is -0.507 e. The Balaban J connectivity index is 1.49. The van der Waals surface area contributed by atoms with Gasteiger partial charge in [0, 0.05) is 42.6 Å². The minimum absolute atomic E-state index is 0.0787. The van der Waals surface area contributed by atoms with Crippen molar-refractivity contribution >= 4 is 51.3 Å². The normalized spacial score (nSPS) is 31.3. The molecule has 0 heterocycles. The molecule has 52 heavy (non-hydrogen) atoms. The molecular formula is C43H46O9. The lowest BCUT2D eigenvalue weighted by Gasteiger charge is -2.67.